The molecular formula is C20H22N4O2. The molecule has 3 heterocycles. The molecule has 1 saturated heterocycles. The number of anilines is 1. The van der Waals surface area contributed by atoms with E-state index in [2.05, 4.69) is 28.9 Å². The number of hydrogen-bond donors (Lipinski definition) is 0. The van der Waals surface area contributed by atoms with E-state index in [-0.39, 0.29) is 0 Å². The van der Waals surface area contributed by atoms with Crippen molar-refractivity contribution in [1.29, 1.82) is 0 Å². The number of fused-ring (bicyclic) bond motifs is 1. The van der Waals surface area contributed by atoms with Crippen LogP contribution in [0.4, 0.5) is 5.82 Å². The molecule has 26 heavy (non-hydrogen) atoms. The van der Waals surface area contributed by atoms with Crippen molar-refractivity contribution in [3.8, 4) is 11.4 Å². The Morgan fingerprint density at radius 3 is 2.77 bits per heavy atom. The predicted molar refractivity (Wildman–Crippen MR) is 101 cm³/mol. The van der Waals surface area contributed by atoms with E-state index < -0.39 is 0 Å². The molecule has 3 aromatic rings. The van der Waals surface area contributed by atoms with Gasteiger partial charge >= 0.3 is 0 Å². The normalized spacial score (nSPS) is 14.8. The van der Waals surface area contributed by atoms with E-state index in [0.29, 0.717) is 19.8 Å². The number of aryl methyl sites for hydroxylation is 1. The second-order valence-electron chi connectivity index (χ2n) is 6.48. The standard InChI is InChI=1S/C20H22N4O2/c1-14-4-3-5-16(10-14)19-22-17-11-15(13-25-2)12-21-18(17)20(23-19)24-6-8-26-9-7-24/h3-5,10-12H,6-9,13H2,1-2H3. The Hall–Kier alpha value is -2.57. The third-order valence-electron chi connectivity index (χ3n) is 4.47. The van der Waals surface area contributed by atoms with E-state index in [1.807, 2.05) is 24.4 Å². The highest BCUT2D eigenvalue weighted by Gasteiger charge is 2.19. The molecule has 0 radical (unpaired) electrons. The fraction of sp³-hybridized carbons (Fsp3) is 0.350. The molecule has 1 aliphatic rings. The van der Waals surface area contributed by atoms with Crippen LogP contribution in [-0.2, 0) is 16.1 Å². The Morgan fingerprint density at radius 2 is 2.00 bits per heavy atom. The van der Waals surface area contributed by atoms with Crippen LogP contribution in [0.3, 0.4) is 0 Å². The molecule has 134 valence electrons. The van der Waals surface area contributed by atoms with Gasteiger partial charge in [-0.25, -0.2) is 9.97 Å². The van der Waals surface area contributed by atoms with Crippen LogP contribution >= 0.6 is 0 Å². The monoisotopic (exact) mass is 350 g/mol. The Morgan fingerprint density at radius 1 is 1.15 bits per heavy atom. The Labute approximate surface area is 152 Å². The van der Waals surface area contributed by atoms with Crippen LogP contribution in [0.5, 0.6) is 0 Å². The minimum Gasteiger partial charge on any atom is -0.380 e. The average molecular weight is 350 g/mol. The van der Waals surface area contributed by atoms with Crippen LogP contribution in [0.2, 0.25) is 0 Å². The molecule has 0 aliphatic carbocycles. The quantitative estimate of drug-likeness (QED) is 0.721. The number of rotatable bonds is 4. The first-order chi connectivity index (χ1) is 12.7. The van der Waals surface area contributed by atoms with Gasteiger partial charge in [0.05, 0.1) is 25.3 Å². The first-order valence-corrected chi connectivity index (χ1v) is 8.80. The minimum atomic E-state index is 0.514. The summed E-state index contributed by atoms with van der Waals surface area (Å²) >= 11 is 0. The summed E-state index contributed by atoms with van der Waals surface area (Å²) < 4.78 is 10.7. The second-order valence-corrected chi connectivity index (χ2v) is 6.48. The lowest BCUT2D eigenvalue weighted by atomic mass is 10.1. The number of aromatic nitrogens is 3. The number of nitrogens with zero attached hydrogens (tertiary/aromatic N) is 4. The number of hydrogen-bond acceptors (Lipinski definition) is 6. The minimum absolute atomic E-state index is 0.514. The molecule has 0 spiro atoms. The Kier molecular flexibility index (Phi) is 4.77. The lowest BCUT2D eigenvalue weighted by Gasteiger charge is -2.28. The summed E-state index contributed by atoms with van der Waals surface area (Å²) in [7, 11) is 1.68. The number of pyridine rings is 1. The predicted octanol–water partition coefficient (Wildman–Crippen LogP) is 2.98. The molecule has 6 nitrogen and oxygen atoms in total. The molecule has 0 saturated carbocycles. The van der Waals surface area contributed by atoms with Crippen molar-refractivity contribution in [2.75, 3.05) is 38.3 Å². The zero-order chi connectivity index (χ0) is 17.9. The van der Waals surface area contributed by atoms with Gasteiger partial charge in [-0.05, 0) is 24.6 Å². The third kappa shape index (κ3) is 3.38. The maximum Gasteiger partial charge on any atom is 0.162 e. The fourth-order valence-electron chi connectivity index (χ4n) is 3.20. The van der Waals surface area contributed by atoms with Gasteiger partial charge in [0.2, 0.25) is 0 Å². The summed E-state index contributed by atoms with van der Waals surface area (Å²) in [6.45, 7) is 5.60. The first-order valence-electron chi connectivity index (χ1n) is 8.80. The highest BCUT2D eigenvalue weighted by Crippen LogP contribution is 2.27. The molecule has 2 aromatic heterocycles. The summed E-state index contributed by atoms with van der Waals surface area (Å²) in [4.78, 5) is 16.5. The fourth-order valence-corrected chi connectivity index (χ4v) is 3.20. The van der Waals surface area contributed by atoms with E-state index in [4.69, 9.17) is 19.4 Å². The molecule has 0 bridgehead atoms. The van der Waals surface area contributed by atoms with Crippen LogP contribution in [0.25, 0.3) is 22.4 Å². The molecule has 0 N–H and O–H groups in total. The number of morpholine rings is 1. The van der Waals surface area contributed by atoms with Crippen molar-refractivity contribution < 1.29 is 9.47 Å². The van der Waals surface area contributed by atoms with Gasteiger partial charge in [0.1, 0.15) is 5.52 Å². The van der Waals surface area contributed by atoms with Crippen molar-refractivity contribution in [1.82, 2.24) is 15.0 Å². The highest BCUT2D eigenvalue weighted by atomic mass is 16.5. The van der Waals surface area contributed by atoms with Crippen LogP contribution in [-0.4, -0.2) is 48.4 Å². The molecule has 4 rings (SSSR count). The van der Waals surface area contributed by atoms with Gasteiger partial charge in [-0.1, -0.05) is 23.8 Å². The molecule has 1 fully saturated rings. The topological polar surface area (TPSA) is 60.4 Å². The van der Waals surface area contributed by atoms with Crippen molar-refractivity contribution in [2.24, 2.45) is 0 Å². The molecular weight excluding hydrogens is 328 g/mol. The summed E-state index contributed by atoms with van der Waals surface area (Å²) in [6.07, 6.45) is 1.84. The zero-order valence-electron chi connectivity index (χ0n) is 15.1. The highest BCUT2D eigenvalue weighted by molar-refractivity contribution is 5.87. The van der Waals surface area contributed by atoms with Crippen molar-refractivity contribution in [2.45, 2.75) is 13.5 Å². The maximum absolute atomic E-state index is 5.49. The Bertz CT molecular complexity index is 923. The number of ether oxygens (including phenoxy) is 2. The van der Waals surface area contributed by atoms with Crippen LogP contribution in [0.1, 0.15) is 11.1 Å². The van der Waals surface area contributed by atoms with E-state index in [1.165, 1.54) is 5.56 Å². The lowest BCUT2D eigenvalue weighted by Crippen LogP contribution is -2.37. The van der Waals surface area contributed by atoms with Crippen LogP contribution < -0.4 is 4.90 Å². The zero-order valence-corrected chi connectivity index (χ0v) is 15.1. The van der Waals surface area contributed by atoms with Crippen LogP contribution in [0, 0.1) is 6.92 Å². The summed E-state index contributed by atoms with van der Waals surface area (Å²) in [5.41, 5.74) is 4.86. The molecule has 6 heteroatoms. The van der Waals surface area contributed by atoms with E-state index in [9.17, 15) is 0 Å². The summed E-state index contributed by atoms with van der Waals surface area (Å²) in [5, 5.41) is 0. The van der Waals surface area contributed by atoms with E-state index in [1.54, 1.807) is 7.11 Å². The van der Waals surface area contributed by atoms with Crippen molar-refractivity contribution in [3.05, 3.63) is 47.7 Å². The molecule has 1 aliphatic heterocycles. The van der Waals surface area contributed by atoms with Gasteiger partial charge in [-0.3, -0.25) is 4.98 Å². The Balaban J connectivity index is 1.88. The largest absolute Gasteiger partial charge is 0.380 e. The van der Waals surface area contributed by atoms with E-state index in [0.717, 1.165) is 46.9 Å². The maximum atomic E-state index is 5.49. The summed E-state index contributed by atoms with van der Waals surface area (Å²) in [5.74, 6) is 1.60. The number of methoxy groups -OCH3 is 1. The van der Waals surface area contributed by atoms with Gasteiger partial charge in [0.25, 0.3) is 0 Å². The molecule has 1 aromatic carbocycles. The molecule has 0 atom stereocenters. The molecule has 0 amide bonds. The first kappa shape index (κ1) is 16.9. The second kappa shape index (κ2) is 7.35. The SMILES string of the molecule is COCc1cnc2c(N3CCOCC3)nc(-c3cccc(C)c3)nc2c1. The van der Waals surface area contributed by atoms with Gasteiger partial charge in [-0.2, -0.15) is 0 Å². The van der Waals surface area contributed by atoms with Crippen molar-refractivity contribution in [3.63, 3.8) is 0 Å². The van der Waals surface area contributed by atoms with Crippen LogP contribution in [0.15, 0.2) is 36.5 Å². The van der Waals surface area contributed by atoms with Gasteiger partial charge in [0, 0.05) is 32.0 Å². The average Bonchev–Trinajstić information content (AvgIpc) is 2.68. The summed E-state index contributed by atoms with van der Waals surface area (Å²) in [6, 6.07) is 10.3. The lowest BCUT2D eigenvalue weighted by molar-refractivity contribution is 0.122. The van der Waals surface area contributed by atoms with Crippen molar-refractivity contribution >= 4 is 16.9 Å². The third-order valence-corrected chi connectivity index (χ3v) is 4.47. The van der Waals surface area contributed by atoms with E-state index >= 15 is 0 Å². The van der Waals surface area contributed by atoms with Gasteiger partial charge in [-0.15, -0.1) is 0 Å². The van der Waals surface area contributed by atoms with Gasteiger partial charge in [0.15, 0.2) is 11.6 Å². The van der Waals surface area contributed by atoms with Gasteiger partial charge < -0.3 is 14.4 Å². The molecule has 0 unspecified atom stereocenters. The number of benzene rings is 1. The smallest absolute Gasteiger partial charge is 0.162 e.